The summed E-state index contributed by atoms with van der Waals surface area (Å²) in [5.74, 6) is -1.46. The molecule has 102 valence electrons. The van der Waals surface area contributed by atoms with Crippen LogP contribution in [0.15, 0.2) is 30.3 Å². The first-order valence-corrected chi connectivity index (χ1v) is 5.99. The number of aryl methyl sites for hydroxylation is 1. The van der Waals surface area contributed by atoms with E-state index in [-0.39, 0.29) is 16.4 Å². The molecule has 0 saturated heterocycles. The third-order valence-corrected chi connectivity index (χ3v) is 2.79. The average Bonchev–Trinajstić information content (AvgIpc) is 2.41. The third kappa shape index (κ3) is 3.10. The van der Waals surface area contributed by atoms with E-state index in [1.807, 2.05) is 0 Å². The summed E-state index contributed by atoms with van der Waals surface area (Å²) >= 11 is 5.59. The lowest BCUT2D eigenvalue weighted by Gasteiger charge is -2.08. The molecule has 2 rings (SSSR count). The largest absolute Gasteiger partial charge is 0.478 e. The topological polar surface area (TPSA) is 92.2 Å². The van der Waals surface area contributed by atoms with Crippen molar-refractivity contribution < 1.29 is 14.7 Å². The zero-order chi connectivity index (χ0) is 14.7. The fourth-order valence-electron chi connectivity index (χ4n) is 1.56. The highest BCUT2D eigenvalue weighted by Crippen LogP contribution is 2.17. The van der Waals surface area contributed by atoms with Crippen molar-refractivity contribution in [2.75, 3.05) is 5.32 Å². The van der Waals surface area contributed by atoms with Gasteiger partial charge in [-0.3, -0.25) is 4.79 Å². The molecule has 1 aromatic heterocycles. The monoisotopic (exact) mass is 291 g/mol. The second kappa shape index (κ2) is 5.66. The number of carboxylic acid groups (broad SMARTS) is 1. The van der Waals surface area contributed by atoms with E-state index in [2.05, 4.69) is 15.5 Å². The number of carboxylic acids is 1. The summed E-state index contributed by atoms with van der Waals surface area (Å²) < 4.78 is 0. The zero-order valence-electron chi connectivity index (χ0n) is 10.4. The van der Waals surface area contributed by atoms with Crippen LogP contribution in [0.2, 0.25) is 5.15 Å². The predicted molar refractivity (Wildman–Crippen MR) is 73.1 cm³/mol. The molecule has 2 N–H and O–H groups in total. The SMILES string of the molecule is Cc1cc(C(=O)O)ccc1NC(=O)c1ccc(Cl)nn1. The maximum Gasteiger partial charge on any atom is 0.335 e. The number of nitrogens with zero attached hydrogens (tertiary/aromatic N) is 2. The molecular formula is C13H10ClN3O3. The first-order valence-electron chi connectivity index (χ1n) is 5.62. The summed E-state index contributed by atoms with van der Waals surface area (Å²) in [5, 5.41) is 18.9. The van der Waals surface area contributed by atoms with E-state index in [0.717, 1.165) is 0 Å². The maximum absolute atomic E-state index is 11.9. The molecule has 20 heavy (non-hydrogen) atoms. The third-order valence-electron chi connectivity index (χ3n) is 2.59. The molecule has 1 aromatic carbocycles. The molecule has 7 heteroatoms. The number of aromatic nitrogens is 2. The molecule has 0 radical (unpaired) electrons. The lowest BCUT2D eigenvalue weighted by atomic mass is 10.1. The van der Waals surface area contributed by atoms with Crippen LogP contribution >= 0.6 is 11.6 Å². The second-order valence-electron chi connectivity index (χ2n) is 4.03. The van der Waals surface area contributed by atoms with Gasteiger partial charge in [0.2, 0.25) is 0 Å². The minimum absolute atomic E-state index is 0.121. The summed E-state index contributed by atoms with van der Waals surface area (Å²) in [6.07, 6.45) is 0. The van der Waals surface area contributed by atoms with Crippen molar-refractivity contribution in [3.05, 3.63) is 52.3 Å². The van der Waals surface area contributed by atoms with E-state index in [1.165, 1.54) is 30.3 Å². The summed E-state index contributed by atoms with van der Waals surface area (Å²) in [7, 11) is 0. The Hall–Kier alpha value is -2.47. The summed E-state index contributed by atoms with van der Waals surface area (Å²) in [6, 6.07) is 7.33. The summed E-state index contributed by atoms with van der Waals surface area (Å²) in [6.45, 7) is 1.70. The number of halogens is 1. The molecule has 0 bridgehead atoms. The van der Waals surface area contributed by atoms with Crippen LogP contribution in [0.4, 0.5) is 5.69 Å². The number of nitrogens with one attached hydrogen (secondary N) is 1. The van der Waals surface area contributed by atoms with E-state index in [1.54, 1.807) is 6.92 Å². The van der Waals surface area contributed by atoms with Crippen molar-refractivity contribution >= 4 is 29.2 Å². The first-order chi connectivity index (χ1) is 9.47. The molecule has 0 atom stereocenters. The van der Waals surface area contributed by atoms with Gasteiger partial charge in [0.05, 0.1) is 5.56 Å². The van der Waals surface area contributed by atoms with Crippen LogP contribution in [0, 0.1) is 6.92 Å². The molecule has 0 aliphatic heterocycles. The summed E-state index contributed by atoms with van der Waals surface area (Å²) in [5.41, 5.74) is 1.43. The molecule has 1 amide bonds. The van der Waals surface area contributed by atoms with Gasteiger partial charge in [-0.25, -0.2) is 4.79 Å². The van der Waals surface area contributed by atoms with E-state index < -0.39 is 11.9 Å². The van der Waals surface area contributed by atoms with Gasteiger partial charge in [-0.1, -0.05) is 11.6 Å². The van der Waals surface area contributed by atoms with Crippen molar-refractivity contribution in [2.45, 2.75) is 6.92 Å². The maximum atomic E-state index is 11.9. The standard InChI is InChI=1S/C13H10ClN3O3/c1-7-6-8(13(19)20)2-3-9(7)15-12(18)10-4-5-11(14)17-16-10/h2-6H,1H3,(H,15,18)(H,19,20). The predicted octanol–water partition coefficient (Wildman–Crippen LogP) is 2.39. The van der Waals surface area contributed by atoms with Gasteiger partial charge >= 0.3 is 5.97 Å². The molecule has 0 unspecified atom stereocenters. The van der Waals surface area contributed by atoms with Gasteiger partial charge in [-0.05, 0) is 42.8 Å². The van der Waals surface area contributed by atoms with Crippen LogP contribution in [0.1, 0.15) is 26.4 Å². The molecule has 1 heterocycles. The van der Waals surface area contributed by atoms with Gasteiger partial charge in [0.15, 0.2) is 10.8 Å². The Morgan fingerprint density at radius 1 is 1.20 bits per heavy atom. The Balaban J connectivity index is 2.19. The normalized spacial score (nSPS) is 10.1. The van der Waals surface area contributed by atoms with Crippen LogP contribution in [0.5, 0.6) is 0 Å². The van der Waals surface area contributed by atoms with Crippen molar-refractivity contribution in [1.82, 2.24) is 10.2 Å². The first kappa shape index (κ1) is 14.0. The Morgan fingerprint density at radius 2 is 1.95 bits per heavy atom. The quantitative estimate of drug-likeness (QED) is 0.906. The van der Waals surface area contributed by atoms with E-state index in [0.29, 0.717) is 11.3 Å². The highest BCUT2D eigenvalue weighted by Gasteiger charge is 2.11. The number of hydrogen-bond acceptors (Lipinski definition) is 4. The molecule has 6 nitrogen and oxygen atoms in total. The minimum Gasteiger partial charge on any atom is -0.478 e. The molecule has 0 aliphatic rings. The smallest absolute Gasteiger partial charge is 0.335 e. The number of rotatable bonds is 3. The second-order valence-corrected chi connectivity index (χ2v) is 4.42. The molecule has 0 fully saturated rings. The summed E-state index contributed by atoms with van der Waals surface area (Å²) in [4.78, 5) is 22.7. The Morgan fingerprint density at radius 3 is 2.50 bits per heavy atom. The van der Waals surface area contributed by atoms with E-state index in [4.69, 9.17) is 16.7 Å². The zero-order valence-corrected chi connectivity index (χ0v) is 11.2. The molecule has 0 aliphatic carbocycles. The minimum atomic E-state index is -1.02. The van der Waals surface area contributed by atoms with Crippen molar-refractivity contribution in [1.29, 1.82) is 0 Å². The van der Waals surface area contributed by atoms with Gasteiger partial charge < -0.3 is 10.4 Å². The van der Waals surface area contributed by atoms with E-state index >= 15 is 0 Å². The highest BCUT2D eigenvalue weighted by atomic mass is 35.5. The van der Waals surface area contributed by atoms with Gasteiger partial charge in [0.1, 0.15) is 0 Å². The fraction of sp³-hybridized carbons (Fsp3) is 0.0769. The number of hydrogen-bond donors (Lipinski definition) is 2. The van der Waals surface area contributed by atoms with Crippen molar-refractivity contribution in [3.63, 3.8) is 0 Å². The van der Waals surface area contributed by atoms with Gasteiger partial charge in [-0.15, -0.1) is 10.2 Å². The van der Waals surface area contributed by atoms with Gasteiger partial charge in [0, 0.05) is 5.69 Å². The Labute approximate surface area is 119 Å². The fourth-order valence-corrected chi connectivity index (χ4v) is 1.66. The number of carbonyl (C=O) groups is 2. The molecule has 2 aromatic rings. The lowest BCUT2D eigenvalue weighted by Crippen LogP contribution is -2.15. The van der Waals surface area contributed by atoms with Crippen LogP contribution in [0.25, 0.3) is 0 Å². The van der Waals surface area contributed by atoms with Crippen molar-refractivity contribution in [2.24, 2.45) is 0 Å². The average molecular weight is 292 g/mol. The number of carbonyl (C=O) groups excluding carboxylic acids is 1. The van der Waals surface area contributed by atoms with Gasteiger partial charge in [-0.2, -0.15) is 0 Å². The highest BCUT2D eigenvalue weighted by molar-refractivity contribution is 6.29. The van der Waals surface area contributed by atoms with Crippen LogP contribution in [-0.4, -0.2) is 27.2 Å². The van der Waals surface area contributed by atoms with Crippen molar-refractivity contribution in [3.8, 4) is 0 Å². The Bertz CT molecular complexity index is 671. The lowest BCUT2D eigenvalue weighted by molar-refractivity contribution is 0.0696. The van der Waals surface area contributed by atoms with Crippen LogP contribution < -0.4 is 5.32 Å². The number of anilines is 1. The van der Waals surface area contributed by atoms with Crippen LogP contribution in [0.3, 0.4) is 0 Å². The number of amides is 1. The molecular weight excluding hydrogens is 282 g/mol. The number of benzene rings is 1. The molecule has 0 spiro atoms. The van der Waals surface area contributed by atoms with E-state index in [9.17, 15) is 9.59 Å². The van der Waals surface area contributed by atoms with Gasteiger partial charge in [0.25, 0.3) is 5.91 Å². The molecule has 0 saturated carbocycles. The van der Waals surface area contributed by atoms with Crippen LogP contribution in [-0.2, 0) is 0 Å². The number of aromatic carboxylic acids is 1. The Kier molecular flexibility index (Phi) is 3.95.